The molecule has 2 bridgehead atoms. The van der Waals surface area contributed by atoms with Crippen LogP contribution in [-0.2, 0) is 10.3 Å². The van der Waals surface area contributed by atoms with E-state index in [1.807, 2.05) is 18.2 Å². The van der Waals surface area contributed by atoms with Gasteiger partial charge in [-0.15, -0.1) is 0 Å². The van der Waals surface area contributed by atoms with Gasteiger partial charge in [-0.2, -0.15) is 0 Å². The van der Waals surface area contributed by atoms with Crippen LogP contribution in [0.3, 0.4) is 0 Å². The Bertz CT molecular complexity index is 998. The van der Waals surface area contributed by atoms with E-state index in [-0.39, 0.29) is 17.2 Å². The van der Waals surface area contributed by atoms with E-state index in [1.54, 1.807) is 0 Å². The van der Waals surface area contributed by atoms with E-state index in [0.717, 1.165) is 40.5 Å². The SMILES string of the molecule is CCC1(c2ccc(Cl)cc2)n2ccc3c2=CC(C=CC=3N)OC12CC2. The molecule has 1 saturated carbocycles. The predicted molar refractivity (Wildman–Crippen MR) is 101 cm³/mol. The van der Waals surface area contributed by atoms with Crippen molar-refractivity contribution in [1.29, 1.82) is 0 Å². The van der Waals surface area contributed by atoms with E-state index in [2.05, 4.69) is 48.0 Å². The van der Waals surface area contributed by atoms with Crippen LogP contribution in [0.25, 0.3) is 11.8 Å². The first-order chi connectivity index (χ1) is 12.1. The number of rotatable bonds is 2. The number of hydrogen-bond donors (Lipinski definition) is 1. The second kappa shape index (κ2) is 5.03. The normalized spacial score (nSPS) is 28.4. The van der Waals surface area contributed by atoms with Crippen molar-refractivity contribution in [2.24, 2.45) is 5.73 Å². The van der Waals surface area contributed by atoms with Gasteiger partial charge in [-0.3, -0.25) is 0 Å². The largest absolute Gasteiger partial charge is 0.398 e. The van der Waals surface area contributed by atoms with Gasteiger partial charge in [0.1, 0.15) is 0 Å². The second-order valence-electron chi connectivity index (χ2n) is 7.26. The maximum atomic E-state index is 6.70. The standard InChI is InChI=1S/C21H21ClN2O/c1-2-21(14-3-5-15(22)6-4-14)20(10-11-20)25-16-7-8-18(23)17-9-12-24(21)19(17)13-16/h3-9,12-13,16H,2,10-11,23H2,1H3. The number of aromatic nitrogens is 1. The summed E-state index contributed by atoms with van der Waals surface area (Å²) < 4.78 is 9.10. The number of benzene rings is 1. The van der Waals surface area contributed by atoms with Gasteiger partial charge in [0, 0.05) is 27.5 Å². The summed E-state index contributed by atoms with van der Waals surface area (Å²) in [7, 11) is 0. The predicted octanol–water partition coefficient (Wildman–Crippen LogP) is 2.64. The molecular formula is C21H21ClN2O. The summed E-state index contributed by atoms with van der Waals surface area (Å²) >= 11 is 6.16. The minimum atomic E-state index is -0.248. The molecule has 2 unspecified atom stereocenters. The van der Waals surface area contributed by atoms with Crippen molar-refractivity contribution < 1.29 is 4.74 Å². The first kappa shape index (κ1) is 15.3. The Morgan fingerprint density at radius 3 is 2.68 bits per heavy atom. The van der Waals surface area contributed by atoms with E-state index in [9.17, 15) is 0 Å². The lowest BCUT2D eigenvalue weighted by Gasteiger charge is -2.42. The molecule has 1 aromatic carbocycles. The molecule has 3 nitrogen and oxygen atoms in total. The van der Waals surface area contributed by atoms with Gasteiger partial charge in [-0.05, 0) is 61.3 Å². The molecule has 1 spiro atoms. The van der Waals surface area contributed by atoms with Crippen LogP contribution in [0, 0.1) is 0 Å². The number of hydrogen-bond acceptors (Lipinski definition) is 2. The molecule has 2 atom stereocenters. The fourth-order valence-electron chi connectivity index (χ4n) is 4.81. The zero-order valence-corrected chi connectivity index (χ0v) is 15.0. The lowest BCUT2D eigenvalue weighted by Crippen LogP contribution is -2.52. The average Bonchev–Trinajstić information content (AvgIpc) is 3.33. The van der Waals surface area contributed by atoms with Gasteiger partial charge in [0.2, 0.25) is 0 Å². The van der Waals surface area contributed by atoms with Crippen LogP contribution >= 0.6 is 11.6 Å². The Labute approximate surface area is 152 Å². The molecule has 2 heterocycles. The summed E-state index contributed by atoms with van der Waals surface area (Å²) in [6, 6.07) is 10.4. The number of ether oxygens (including phenoxy) is 1. The highest BCUT2D eigenvalue weighted by Gasteiger charge is 2.63. The summed E-state index contributed by atoms with van der Waals surface area (Å²) in [6.45, 7) is 2.25. The minimum absolute atomic E-state index is 0.0447. The molecule has 0 radical (unpaired) electrons. The topological polar surface area (TPSA) is 40.2 Å². The summed E-state index contributed by atoms with van der Waals surface area (Å²) in [5.41, 5.74) is 7.91. The molecule has 0 amide bonds. The number of halogens is 1. The monoisotopic (exact) mass is 352 g/mol. The van der Waals surface area contributed by atoms with Crippen LogP contribution in [0.15, 0.2) is 48.7 Å². The van der Waals surface area contributed by atoms with E-state index in [4.69, 9.17) is 22.1 Å². The minimum Gasteiger partial charge on any atom is -0.398 e. The Morgan fingerprint density at radius 1 is 1.24 bits per heavy atom. The Morgan fingerprint density at radius 2 is 2.00 bits per heavy atom. The average molecular weight is 353 g/mol. The van der Waals surface area contributed by atoms with Gasteiger partial charge in [-0.1, -0.05) is 30.7 Å². The Hall–Kier alpha value is -1.97. The van der Waals surface area contributed by atoms with Gasteiger partial charge in [0.05, 0.1) is 17.2 Å². The van der Waals surface area contributed by atoms with Crippen molar-refractivity contribution in [3.05, 3.63) is 69.8 Å². The molecule has 2 aliphatic carbocycles. The second-order valence-corrected chi connectivity index (χ2v) is 7.70. The molecule has 1 aromatic heterocycles. The molecule has 1 aliphatic heterocycles. The fourth-order valence-corrected chi connectivity index (χ4v) is 4.94. The lowest BCUT2D eigenvalue weighted by molar-refractivity contribution is -0.0444. The van der Waals surface area contributed by atoms with Crippen LogP contribution in [0.2, 0.25) is 5.02 Å². The van der Waals surface area contributed by atoms with Crippen molar-refractivity contribution in [2.75, 3.05) is 0 Å². The van der Waals surface area contributed by atoms with Gasteiger partial charge >= 0.3 is 0 Å². The molecule has 25 heavy (non-hydrogen) atoms. The molecule has 1 fully saturated rings. The van der Waals surface area contributed by atoms with Gasteiger partial charge < -0.3 is 15.0 Å². The zero-order valence-electron chi connectivity index (χ0n) is 14.2. The summed E-state index contributed by atoms with van der Waals surface area (Å²) in [5.74, 6) is 0. The van der Waals surface area contributed by atoms with Gasteiger partial charge in [0.25, 0.3) is 0 Å². The van der Waals surface area contributed by atoms with Crippen molar-refractivity contribution >= 4 is 23.4 Å². The molecule has 5 rings (SSSR count). The third-order valence-electron chi connectivity index (χ3n) is 6.09. The molecule has 3 aliphatic rings. The molecule has 2 aromatic rings. The lowest BCUT2D eigenvalue weighted by atomic mass is 9.79. The van der Waals surface area contributed by atoms with Crippen LogP contribution in [0.5, 0.6) is 0 Å². The van der Waals surface area contributed by atoms with Gasteiger partial charge in [-0.25, -0.2) is 0 Å². The van der Waals surface area contributed by atoms with E-state index < -0.39 is 0 Å². The third-order valence-corrected chi connectivity index (χ3v) is 6.34. The van der Waals surface area contributed by atoms with Crippen LogP contribution < -0.4 is 16.3 Å². The fraction of sp³-hybridized carbons (Fsp3) is 0.333. The van der Waals surface area contributed by atoms with Crippen molar-refractivity contribution in [3.63, 3.8) is 0 Å². The Kier molecular flexibility index (Phi) is 3.08. The molecular weight excluding hydrogens is 332 g/mol. The quantitative estimate of drug-likeness (QED) is 0.902. The number of nitrogens with two attached hydrogens (primary N) is 1. The summed E-state index contributed by atoms with van der Waals surface area (Å²) in [4.78, 5) is 0. The van der Waals surface area contributed by atoms with Gasteiger partial charge in [0.15, 0.2) is 0 Å². The van der Waals surface area contributed by atoms with Crippen LogP contribution in [0.1, 0.15) is 31.7 Å². The number of fused-ring (bicyclic) bond motifs is 1. The first-order valence-corrected chi connectivity index (χ1v) is 9.29. The molecule has 2 N–H and O–H groups in total. The summed E-state index contributed by atoms with van der Waals surface area (Å²) in [6.07, 6.45) is 11.5. The highest BCUT2D eigenvalue weighted by Crippen LogP contribution is 2.57. The van der Waals surface area contributed by atoms with Crippen molar-refractivity contribution in [2.45, 2.75) is 43.4 Å². The van der Waals surface area contributed by atoms with E-state index in [0.29, 0.717) is 0 Å². The molecule has 0 saturated heterocycles. The molecule has 4 heteroatoms. The van der Waals surface area contributed by atoms with Crippen LogP contribution in [0.4, 0.5) is 0 Å². The summed E-state index contributed by atoms with van der Waals surface area (Å²) in [5, 5.41) is 3.01. The van der Waals surface area contributed by atoms with E-state index in [1.165, 1.54) is 5.56 Å². The first-order valence-electron chi connectivity index (χ1n) is 8.91. The third kappa shape index (κ3) is 1.91. The smallest absolute Gasteiger partial charge is 0.0983 e. The number of nitrogens with zero attached hydrogens (tertiary/aromatic N) is 1. The van der Waals surface area contributed by atoms with E-state index >= 15 is 0 Å². The maximum Gasteiger partial charge on any atom is 0.0983 e. The highest BCUT2D eigenvalue weighted by atomic mass is 35.5. The van der Waals surface area contributed by atoms with Crippen molar-refractivity contribution in [3.8, 4) is 0 Å². The Balaban J connectivity index is 1.88. The zero-order chi connectivity index (χ0) is 17.2. The van der Waals surface area contributed by atoms with Crippen LogP contribution in [-0.4, -0.2) is 16.3 Å². The van der Waals surface area contributed by atoms with Crippen molar-refractivity contribution in [1.82, 2.24) is 4.57 Å². The highest BCUT2D eigenvalue weighted by molar-refractivity contribution is 6.30. The molecule has 128 valence electrons. The maximum absolute atomic E-state index is 6.70.